The van der Waals surface area contributed by atoms with Gasteiger partial charge in [-0.3, -0.25) is 14.1 Å². The summed E-state index contributed by atoms with van der Waals surface area (Å²) in [5, 5.41) is 3.15. The minimum absolute atomic E-state index is 0. The van der Waals surface area contributed by atoms with Crippen LogP contribution in [0, 0.1) is 5.92 Å². The summed E-state index contributed by atoms with van der Waals surface area (Å²) >= 11 is 0. The fraction of sp³-hybridized carbons (Fsp3) is 0.600. The maximum Gasteiger partial charge on any atom is 0.310 e. The maximum atomic E-state index is 12.8. The maximum absolute atomic E-state index is 12.8. The Hall–Kier alpha value is -1.56. The number of likely N-dealkylation sites (tertiary alicyclic amines) is 1. The lowest BCUT2D eigenvalue weighted by atomic mass is 9.98. The number of nitrogens with one attached hydrogen (secondary N) is 1. The van der Waals surface area contributed by atoms with E-state index in [1.165, 1.54) is 4.31 Å². The van der Waals surface area contributed by atoms with E-state index < -0.39 is 10.0 Å². The molecule has 8 nitrogen and oxygen atoms in total. The zero-order chi connectivity index (χ0) is 20.9. The third kappa shape index (κ3) is 5.77. The molecule has 168 valence electrons. The molecule has 3 rings (SSSR count). The predicted octanol–water partition coefficient (Wildman–Crippen LogP) is 1.85. The Morgan fingerprint density at radius 1 is 1.30 bits per heavy atom. The van der Waals surface area contributed by atoms with Gasteiger partial charge >= 0.3 is 5.97 Å². The fourth-order valence-corrected chi connectivity index (χ4v) is 5.38. The van der Waals surface area contributed by atoms with Gasteiger partial charge in [0, 0.05) is 33.2 Å². The highest BCUT2D eigenvalue weighted by Crippen LogP contribution is 2.29. The molecule has 1 N–H and O–H groups in total. The van der Waals surface area contributed by atoms with Crippen molar-refractivity contribution in [3.8, 4) is 0 Å². The first-order valence-corrected chi connectivity index (χ1v) is 11.8. The fourth-order valence-electron chi connectivity index (χ4n) is 3.95. The summed E-state index contributed by atoms with van der Waals surface area (Å²) in [6.07, 6.45) is 2.41. The van der Waals surface area contributed by atoms with Crippen molar-refractivity contribution in [1.82, 2.24) is 10.2 Å². The van der Waals surface area contributed by atoms with Crippen molar-refractivity contribution in [2.75, 3.05) is 49.9 Å². The molecule has 10 heteroatoms. The van der Waals surface area contributed by atoms with E-state index in [1.54, 1.807) is 14.0 Å². The number of rotatable bonds is 6. The van der Waals surface area contributed by atoms with Crippen LogP contribution in [0.4, 0.5) is 5.69 Å². The number of guanidine groups is 1. The van der Waals surface area contributed by atoms with E-state index in [1.807, 2.05) is 29.2 Å². The molecule has 0 aliphatic carbocycles. The Kier molecular flexibility index (Phi) is 9.20. The number of aliphatic imine (C=N–C) groups is 1. The van der Waals surface area contributed by atoms with Gasteiger partial charge < -0.3 is 15.0 Å². The van der Waals surface area contributed by atoms with E-state index in [0.717, 1.165) is 37.1 Å². The molecule has 0 amide bonds. The van der Waals surface area contributed by atoms with Gasteiger partial charge in [0.1, 0.15) is 0 Å². The number of ether oxygens (including phenoxy) is 1. The quantitative estimate of drug-likeness (QED) is 0.252. The summed E-state index contributed by atoms with van der Waals surface area (Å²) in [5.41, 5.74) is 1.85. The number of nitrogens with zero attached hydrogens (tertiary/aromatic N) is 3. The molecular weight excluding hydrogens is 519 g/mol. The number of hydrogen-bond donors (Lipinski definition) is 1. The summed E-state index contributed by atoms with van der Waals surface area (Å²) in [6.45, 7) is 4.24. The van der Waals surface area contributed by atoms with Gasteiger partial charge in [-0.1, -0.05) is 18.2 Å². The van der Waals surface area contributed by atoms with E-state index in [2.05, 4.69) is 10.3 Å². The van der Waals surface area contributed by atoms with E-state index in [4.69, 9.17) is 4.74 Å². The van der Waals surface area contributed by atoms with Crippen molar-refractivity contribution in [1.29, 1.82) is 0 Å². The highest BCUT2D eigenvalue weighted by atomic mass is 127. The SMILES string of the molecule is CCOC(=O)C1CCCN(C(=NC)NCCS(=O)(=O)N2CCc3ccccc32)C1.I. The number of esters is 1. The van der Waals surface area contributed by atoms with Crippen molar-refractivity contribution in [3.63, 3.8) is 0 Å². The van der Waals surface area contributed by atoms with Crippen molar-refractivity contribution >= 4 is 51.6 Å². The standard InChI is InChI=1S/C20H30N4O4S.HI/c1-3-28-19(25)17-8-6-12-23(15-17)20(21-2)22-11-14-29(26,27)24-13-10-16-7-4-5-9-18(16)24;/h4-5,7,9,17H,3,6,8,10-15H2,1-2H3,(H,21,22);1H. The number of para-hydroxylation sites is 1. The molecule has 0 bridgehead atoms. The highest BCUT2D eigenvalue weighted by molar-refractivity contribution is 14.0. The second-order valence-electron chi connectivity index (χ2n) is 7.28. The number of hydrogen-bond acceptors (Lipinski definition) is 5. The number of fused-ring (bicyclic) bond motifs is 1. The van der Waals surface area contributed by atoms with Crippen LogP contribution in [0.5, 0.6) is 0 Å². The summed E-state index contributed by atoms with van der Waals surface area (Å²) in [7, 11) is -1.75. The lowest BCUT2D eigenvalue weighted by molar-refractivity contribution is -0.149. The largest absolute Gasteiger partial charge is 0.466 e. The number of piperidine rings is 1. The lowest BCUT2D eigenvalue weighted by Crippen LogP contribution is -2.49. The van der Waals surface area contributed by atoms with Gasteiger partial charge in [0.25, 0.3) is 0 Å². The number of carbonyl (C=O) groups is 1. The van der Waals surface area contributed by atoms with Crippen LogP contribution in [-0.2, 0) is 26.0 Å². The Morgan fingerprint density at radius 2 is 2.07 bits per heavy atom. The normalized spacial score (nSPS) is 19.1. The topological polar surface area (TPSA) is 91.3 Å². The van der Waals surface area contributed by atoms with E-state index >= 15 is 0 Å². The molecule has 30 heavy (non-hydrogen) atoms. The minimum Gasteiger partial charge on any atom is -0.466 e. The second kappa shape index (κ2) is 11.2. The molecule has 1 aromatic rings. The van der Waals surface area contributed by atoms with Crippen LogP contribution >= 0.6 is 24.0 Å². The molecule has 1 aromatic carbocycles. The highest BCUT2D eigenvalue weighted by Gasteiger charge is 2.30. The summed E-state index contributed by atoms with van der Waals surface area (Å²) in [6, 6.07) is 7.63. The third-order valence-electron chi connectivity index (χ3n) is 5.38. The van der Waals surface area contributed by atoms with E-state index in [0.29, 0.717) is 25.7 Å². The molecular formula is C20H31IN4O4S. The molecule has 1 atom stereocenters. The third-order valence-corrected chi connectivity index (χ3v) is 7.15. The second-order valence-corrected chi connectivity index (χ2v) is 9.29. The molecule has 0 saturated carbocycles. The van der Waals surface area contributed by atoms with Crippen LogP contribution in [0.25, 0.3) is 0 Å². The van der Waals surface area contributed by atoms with Gasteiger partial charge in [0.05, 0.1) is 24.0 Å². The van der Waals surface area contributed by atoms with Gasteiger partial charge in [-0.2, -0.15) is 0 Å². The van der Waals surface area contributed by atoms with Crippen molar-refractivity contribution < 1.29 is 17.9 Å². The van der Waals surface area contributed by atoms with Crippen LogP contribution in [-0.4, -0.2) is 70.8 Å². The average Bonchev–Trinajstić information content (AvgIpc) is 3.17. The number of halogens is 1. The van der Waals surface area contributed by atoms with Gasteiger partial charge in [0.2, 0.25) is 10.0 Å². The zero-order valence-corrected chi connectivity index (χ0v) is 20.7. The molecule has 2 aliphatic heterocycles. The van der Waals surface area contributed by atoms with Gasteiger partial charge in [-0.25, -0.2) is 8.42 Å². The molecule has 0 aromatic heterocycles. The Bertz CT molecular complexity index is 862. The molecule has 2 heterocycles. The Labute approximate surface area is 196 Å². The number of benzene rings is 1. The molecule has 0 spiro atoms. The minimum atomic E-state index is -3.42. The molecule has 1 saturated heterocycles. The van der Waals surface area contributed by atoms with Crippen LogP contribution in [0.2, 0.25) is 0 Å². The first-order chi connectivity index (χ1) is 14.0. The number of anilines is 1. The smallest absolute Gasteiger partial charge is 0.310 e. The summed E-state index contributed by atoms with van der Waals surface area (Å²) in [4.78, 5) is 18.3. The van der Waals surface area contributed by atoms with Gasteiger partial charge in [-0.15, -0.1) is 24.0 Å². The molecule has 1 unspecified atom stereocenters. The predicted molar refractivity (Wildman–Crippen MR) is 129 cm³/mol. The average molecular weight is 550 g/mol. The van der Waals surface area contributed by atoms with Crippen molar-refractivity contribution in [2.24, 2.45) is 10.9 Å². The Balaban J connectivity index is 0.00000320. The van der Waals surface area contributed by atoms with Crippen molar-refractivity contribution in [2.45, 2.75) is 26.2 Å². The van der Waals surface area contributed by atoms with Crippen LogP contribution in [0.3, 0.4) is 0 Å². The first kappa shape index (κ1) is 24.7. The van der Waals surface area contributed by atoms with E-state index in [-0.39, 0.29) is 48.2 Å². The summed E-state index contributed by atoms with van der Waals surface area (Å²) in [5.74, 6) is 0.251. The van der Waals surface area contributed by atoms with Gasteiger partial charge in [-0.05, 0) is 37.8 Å². The van der Waals surface area contributed by atoms with Crippen molar-refractivity contribution in [3.05, 3.63) is 29.8 Å². The number of sulfonamides is 1. The lowest BCUT2D eigenvalue weighted by Gasteiger charge is -2.34. The summed E-state index contributed by atoms with van der Waals surface area (Å²) < 4.78 is 32.3. The zero-order valence-electron chi connectivity index (χ0n) is 17.5. The van der Waals surface area contributed by atoms with E-state index in [9.17, 15) is 13.2 Å². The molecule has 2 aliphatic rings. The van der Waals surface area contributed by atoms with Crippen LogP contribution in [0.1, 0.15) is 25.3 Å². The van der Waals surface area contributed by atoms with Crippen LogP contribution < -0.4 is 9.62 Å². The Morgan fingerprint density at radius 3 is 2.80 bits per heavy atom. The van der Waals surface area contributed by atoms with Crippen LogP contribution in [0.15, 0.2) is 29.3 Å². The van der Waals surface area contributed by atoms with Gasteiger partial charge in [0.15, 0.2) is 5.96 Å². The first-order valence-electron chi connectivity index (χ1n) is 10.2. The monoisotopic (exact) mass is 550 g/mol. The molecule has 1 fully saturated rings. The number of carbonyl (C=O) groups excluding carboxylic acids is 1. The molecule has 0 radical (unpaired) electrons.